The molecule has 0 amide bonds. The van der Waals surface area contributed by atoms with Crippen LogP contribution in [0.25, 0.3) is 16.9 Å². The normalized spacial score (nSPS) is 16.8. The number of piperidine rings is 1. The third-order valence-corrected chi connectivity index (χ3v) is 8.62. The summed E-state index contributed by atoms with van der Waals surface area (Å²) in [4.78, 5) is 8.12. The molecule has 0 atom stereocenters. The Labute approximate surface area is 239 Å². The Morgan fingerprint density at radius 3 is 2.61 bits per heavy atom. The maximum atomic E-state index is 14.0. The fraction of sp³-hybridized carbons (Fsp3) is 0.385. The summed E-state index contributed by atoms with van der Waals surface area (Å²) in [6.07, 6.45) is 1.04. The number of rotatable bonds is 8. The first-order chi connectivity index (χ1) is 20.6. The van der Waals surface area contributed by atoms with Gasteiger partial charge in [0.15, 0.2) is 5.03 Å². The number of anilines is 1. The number of nitrogens with zero attached hydrogens (tertiary/aromatic N) is 7. The molecule has 1 aliphatic heterocycles. The molecule has 11 nitrogen and oxygen atoms in total. The van der Waals surface area contributed by atoms with Gasteiger partial charge in [-0.25, -0.2) is 23.1 Å². The van der Waals surface area contributed by atoms with Crippen molar-refractivity contribution in [2.75, 3.05) is 25.4 Å². The molecule has 15 heteroatoms. The first kappa shape index (κ1) is 24.9. The van der Waals surface area contributed by atoms with Gasteiger partial charge in [-0.1, -0.05) is 12.1 Å². The molecule has 1 fully saturated rings. The predicted octanol–water partition coefficient (Wildman–Crippen LogP) is 3.37. The van der Waals surface area contributed by atoms with E-state index in [4.69, 9.17) is 4.11 Å². The monoisotopic (exact) mass is 592 g/mol. The number of halogens is 3. The van der Waals surface area contributed by atoms with Gasteiger partial charge in [0.05, 0.1) is 17.6 Å². The van der Waals surface area contributed by atoms with Crippen molar-refractivity contribution in [2.24, 2.45) is 7.05 Å². The Balaban J connectivity index is 1.33. The lowest BCUT2D eigenvalue weighted by molar-refractivity contribution is -0.137. The molecule has 4 aromatic rings. The van der Waals surface area contributed by atoms with Crippen LogP contribution in [-0.2, 0) is 29.8 Å². The number of sulfonamides is 1. The van der Waals surface area contributed by atoms with Crippen LogP contribution in [0, 0.1) is 6.92 Å². The summed E-state index contributed by atoms with van der Waals surface area (Å²) in [6, 6.07) is 6.36. The van der Waals surface area contributed by atoms with Crippen LogP contribution in [0.2, 0.25) is 0 Å². The Kier molecular flexibility index (Phi) is 6.82. The Morgan fingerprint density at radius 1 is 1.17 bits per heavy atom. The molecule has 3 aromatic heterocycles. The quantitative estimate of drug-likeness (QED) is 0.319. The van der Waals surface area contributed by atoms with Crippen LogP contribution < -0.4 is 10.6 Å². The molecule has 0 spiro atoms. The van der Waals surface area contributed by atoms with Crippen LogP contribution in [0.4, 0.5) is 19.1 Å². The molecule has 2 N–H and O–H groups in total. The van der Waals surface area contributed by atoms with Gasteiger partial charge in [-0.3, -0.25) is 4.68 Å². The Hall–Kier alpha value is -3.82. The number of hydrogen-bond acceptors (Lipinski definition) is 8. The minimum absolute atomic E-state index is 0.0194. The standard InChI is InChI=1S/C26H30F3N9O2S/c1-17-12-18(13-30-2)4-5-22(17)38-16-19(14-32-38)24-21(26(27,28)29)15-31-25(34-24)33-20-6-10-37(11-7-20)41(39,40)23-8-9-36(3)35-23/h4-5,8-9,12,14-16,20,30H,6-7,10-11,13H2,1-3H3,(H,31,33,34)/i2D3. The number of hydrogen-bond donors (Lipinski definition) is 2. The summed E-state index contributed by atoms with van der Waals surface area (Å²) < 4.78 is 93.7. The van der Waals surface area contributed by atoms with Crippen LogP contribution in [0.5, 0.6) is 0 Å². The average molecular weight is 593 g/mol. The van der Waals surface area contributed by atoms with E-state index in [0.29, 0.717) is 18.5 Å². The van der Waals surface area contributed by atoms with Gasteiger partial charge in [0, 0.05) is 61.0 Å². The van der Waals surface area contributed by atoms with Crippen LogP contribution in [0.3, 0.4) is 0 Å². The second kappa shape index (κ2) is 11.2. The molecule has 1 aromatic carbocycles. The van der Waals surface area contributed by atoms with Crippen LogP contribution in [0.1, 0.15) is 33.6 Å². The van der Waals surface area contributed by atoms with Crippen molar-refractivity contribution in [3.63, 3.8) is 0 Å². The van der Waals surface area contributed by atoms with Gasteiger partial charge in [0.25, 0.3) is 10.0 Å². The molecule has 0 aliphatic carbocycles. The van der Waals surface area contributed by atoms with E-state index in [-0.39, 0.29) is 47.9 Å². The van der Waals surface area contributed by atoms with Crippen molar-refractivity contribution in [1.29, 1.82) is 0 Å². The molecule has 5 rings (SSSR count). The maximum absolute atomic E-state index is 14.0. The molecule has 1 saturated heterocycles. The van der Waals surface area contributed by atoms with Gasteiger partial charge in [-0.05, 0) is 50.0 Å². The van der Waals surface area contributed by atoms with Gasteiger partial charge in [0.1, 0.15) is 5.56 Å². The van der Waals surface area contributed by atoms with Crippen molar-refractivity contribution in [3.05, 3.63) is 65.7 Å². The minimum atomic E-state index is -4.73. The molecular formula is C26H30F3N9O2S. The highest BCUT2D eigenvalue weighted by atomic mass is 32.2. The maximum Gasteiger partial charge on any atom is 0.419 e. The van der Waals surface area contributed by atoms with Crippen LogP contribution >= 0.6 is 0 Å². The molecular weight excluding hydrogens is 559 g/mol. The summed E-state index contributed by atoms with van der Waals surface area (Å²) in [7, 11) is -2.13. The Morgan fingerprint density at radius 2 is 1.95 bits per heavy atom. The molecule has 0 saturated carbocycles. The van der Waals surface area contributed by atoms with E-state index >= 15 is 0 Å². The van der Waals surface area contributed by atoms with E-state index in [2.05, 4.69) is 30.8 Å². The fourth-order valence-electron chi connectivity index (χ4n) is 4.73. The van der Waals surface area contributed by atoms with Crippen molar-refractivity contribution >= 4 is 16.0 Å². The molecule has 0 radical (unpaired) electrons. The van der Waals surface area contributed by atoms with Crippen molar-refractivity contribution in [3.8, 4) is 16.9 Å². The molecule has 1 aliphatic rings. The highest BCUT2D eigenvalue weighted by Gasteiger charge is 2.36. The summed E-state index contributed by atoms with van der Waals surface area (Å²) in [5.41, 5.74) is 0.797. The number of aryl methyl sites for hydroxylation is 2. The summed E-state index contributed by atoms with van der Waals surface area (Å²) in [5, 5.41) is 13.7. The highest BCUT2D eigenvalue weighted by molar-refractivity contribution is 7.89. The topological polar surface area (TPSA) is 123 Å². The van der Waals surface area contributed by atoms with Gasteiger partial charge < -0.3 is 10.6 Å². The van der Waals surface area contributed by atoms with Crippen molar-refractivity contribution < 1.29 is 25.7 Å². The number of benzene rings is 1. The molecule has 4 heterocycles. The smallest absolute Gasteiger partial charge is 0.351 e. The minimum Gasteiger partial charge on any atom is -0.351 e. The molecule has 218 valence electrons. The van der Waals surface area contributed by atoms with Gasteiger partial charge in [-0.15, -0.1) is 0 Å². The lowest BCUT2D eigenvalue weighted by Gasteiger charge is -2.31. The van der Waals surface area contributed by atoms with Crippen LogP contribution in [-0.4, -0.2) is 68.4 Å². The SMILES string of the molecule is [2H]C([2H])([2H])NCc1ccc(-n2cc(-c3nc(NC4CCN(S(=O)(=O)c5ccn(C)n5)CC4)ncc3C(F)(F)F)cn2)c(C)c1. The molecule has 0 unspecified atom stereocenters. The number of nitrogens with one attached hydrogen (secondary N) is 2. The lowest BCUT2D eigenvalue weighted by atomic mass is 10.1. The fourth-order valence-corrected chi connectivity index (χ4v) is 6.15. The van der Waals surface area contributed by atoms with Gasteiger partial charge in [-0.2, -0.15) is 27.7 Å². The van der Waals surface area contributed by atoms with Gasteiger partial charge >= 0.3 is 6.18 Å². The largest absolute Gasteiger partial charge is 0.419 e. The molecule has 0 bridgehead atoms. The van der Waals surface area contributed by atoms with E-state index in [1.54, 1.807) is 38.4 Å². The predicted molar refractivity (Wildman–Crippen MR) is 146 cm³/mol. The van der Waals surface area contributed by atoms with Crippen molar-refractivity contribution in [1.82, 2.24) is 39.2 Å². The third-order valence-electron chi connectivity index (χ3n) is 6.83. The molecule has 41 heavy (non-hydrogen) atoms. The summed E-state index contributed by atoms with van der Waals surface area (Å²) >= 11 is 0. The van der Waals surface area contributed by atoms with Crippen molar-refractivity contribution in [2.45, 2.75) is 43.6 Å². The zero-order chi connectivity index (χ0) is 31.9. The first-order valence-electron chi connectivity index (χ1n) is 14.2. The van der Waals surface area contributed by atoms with Gasteiger partial charge in [0.2, 0.25) is 5.95 Å². The number of alkyl halides is 3. The van der Waals surface area contributed by atoms with E-state index < -0.39 is 28.7 Å². The zero-order valence-corrected chi connectivity index (χ0v) is 23.0. The summed E-state index contributed by atoms with van der Waals surface area (Å²) in [5.74, 6) is -0.0194. The van der Waals surface area contributed by atoms with E-state index in [0.717, 1.165) is 17.3 Å². The van der Waals surface area contributed by atoms with E-state index in [9.17, 15) is 21.6 Å². The summed E-state index contributed by atoms with van der Waals surface area (Å²) in [6.45, 7) is 0.00838. The van der Waals surface area contributed by atoms with Crippen LogP contribution in [0.15, 0.2) is 54.1 Å². The van der Waals surface area contributed by atoms with E-state index in [1.807, 2.05) is 0 Å². The second-order valence-electron chi connectivity index (χ2n) is 9.75. The third kappa shape index (κ3) is 6.11. The number of aromatic nitrogens is 6. The second-order valence-corrected chi connectivity index (χ2v) is 11.6. The Bertz CT molecular complexity index is 1750. The zero-order valence-electron chi connectivity index (χ0n) is 25.2. The first-order valence-corrected chi connectivity index (χ1v) is 14.1. The highest BCUT2D eigenvalue weighted by Crippen LogP contribution is 2.36. The van der Waals surface area contributed by atoms with E-state index in [1.165, 1.54) is 32.1 Å². The lowest BCUT2D eigenvalue weighted by Crippen LogP contribution is -2.42. The average Bonchev–Trinajstić information content (AvgIpc) is 3.61.